The first-order chi connectivity index (χ1) is 8.97. The number of hydrogen-bond donors (Lipinski definition) is 1. The summed E-state index contributed by atoms with van der Waals surface area (Å²) in [6.07, 6.45) is 4.07. The maximum Gasteiger partial charge on any atom is 0.137 e. The third kappa shape index (κ3) is 3.45. The smallest absolute Gasteiger partial charge is 0.137 e. The molecule has 1 unspecified atom stereocenters. The van der Waals surface area contributed by atoms with Crippen molar-refractivity contribution < 1.29 is 4.39 Å². The molecule has 0 saturated heterocycles. The van der Waals surface area contributed by atoms with Gasteiger partial charge in [-0.2, -0.15) is 0 Å². The van der Waals surface area contributed by atoms with Crippen LogP contribution in [0.15, 0.2) is 41.1 Å². The highest BCUT2D eigenvalue weighted by atomic mass is 79.9. The van der Waals surface area contributed by atoms with E-state index >= 15 is 0 Å². The summed E-state index contributed by atoms with van der Waals surface area (Å²) >= 11 is 3.20. The average Bonchev–Trinajstić information content (AvgIpc) is 2.81. The molecular formula is C15H18BrFN2. The van der Waals surface area contributed by atoms with Gasteiger partial charge in [0.25, 0.3) is 0 Å². The molecular weight excluding hydrogens is 307 g/mol. The zero-order valence-electron chi connectivity index (χ0n) is 11.1. The summed E-state index contributed by atoms with van der Waals surface area (Å²) < 4.78 is 15.7. The van der Waals surface area contributed by atoms with Crippen LogP contribution in [0.25, 0.3) is 0 Å². The zero-order valence-corrected chi connectivity index (χ0v) is 12.7. The molecule has 4 heteroatoms. The van der Waals surface area contributed by atoms with Gasteiger partial charge >= 0.3 is 0 Å². The SMILES string of the molecule is CC(C)C(N)c1ccn(Cc2ccc(F)c(Br)c2)c1. The van der Waals surface area contributed by atoms with E-state index < -0.39 is 0 Å². The molecule has 0 amide bonds. The highest BCUT2D eigenvalue weighted by Crippen LogP contribution is 2.21. The van der Waals surface area contributed by atoms with Crippen molar-refractivity contribution in [1.29, 1.82) is 0 Å². The van der Waals surface area contributed by atoms with Crippen molar-refractivity contribution in [3.8, 4) is 0 Å². The van der Waals surface area contributed by atoms with Gasteiger partial charge in [-0.3, -0.25) is 0 Å². The van der Waals surface area contributed by atoms with Crippen molar-refractivity contribution in [2.45, 2.75) is 26.4 Å². The molecule has 0 saturated carbocycles. The molecule has 2 nitrogen and oxygen atoms in total. The fraction of sp³-hybridized carbons (Fsp3) is 0.333. The van der Waals surface area contributed by atoms with Gasteiger partial charge < -0.3 is 10.3 Å². The lowest BCUT2D eigenvalue weighted by molar-refractivity contribution is 0.513. The van der Waals surface area contributed by atoms with Crippen LogP contribution in [0.3, 0.4) is 0 Å². The van der Waals surface area contributed by atoms with E-state index in [1.165, 1.54) is 6.07 Å². The van der Waals surface area contributed by atoms with Crippen LogP contribution in [-0.4, -0.2) is 4.57 Å². The fourth-order valence-electron chi connectivity index (χ4n) is 1.99. The molecule has 1 atom stereocenters. The molecule has 2 N–H and O–H groups in total. The van der Waals surface area contributed by atoms with Gasteiger partial charge in [0.1, 0.15) is 5.82 Å². The highest BCUT2D eigenvalue weighted by molar-refractivity contribution is 9.10. The third-order valence-corrected chi connectivity index (χ3v) is 3.83. The summed E-state index contributed by atoms with van der Waals surface area (Å²) in [7, 11) is 0. The fourth-order valence-corrected chi connectivity index (χ4v) is 2.41. The first-order valence-corrected chi connectivity index (χ1v) is 7.12. The van der Waals surface area contributed by atoms with Crippen LogP contribution < -0.4 is 5.73 Å². The lowest BCUT2D eigenvalue weighted by Gasteiger charge is -2.13. The predicted molar refractivity (Wildman–Crippen MR) is 79.4 cm³/mol. The maximum atomic E-state index is 13.2. The Morgan fingerprint density at radius 2 is 2.05 bits per heavy atom. The summed E-state index contributed by atoms with van der Waals surface area (Å²) in [5, 5.41) is 0. The predicted octanol–water partition coefficient (Wildman–Crippen LogP) is 4.09. The minimum atomic E-state index is -0.237. The number of halogens is 2. The summed E-state index contributed by atoms with van der Waals surface area (Å²) in [4.78, 5) is 0. The minimum Gasteiger partial charge on any atom is -0.350 e. The van der Waals surface area contributed by atoms with E-state index in [9.17, 15) is 4.39 Å². The Hall–Kier alpha value is -1.13. The molecule has 0 fully saturated rings. The summed E-state index contributed by atoms with van der Waals surface area (Å²) in [6, 6.07) is 7.17. The van der Waals surface area contributed by atoms with Crippen LogP contribution in [-0.2, 0) is 6.54 Å². The van der Waals surface area contributed by atoms with Crippen molar-refractivity contribution in [1.82, 2.24) is 4.57 Å². The molecule has 19 heavy (non-hydrogen) atoms. The van der Waals surface area contributed by atoms with Gasteiger partial charge in [0.2, 0.25) is 0 Å². The van der Waals surface area contributed by atoms with Crippen molar-refractivity contribution in [3.05, 3.63) is 58.1 Å². The number of nitrogens with zero attached hydrogens (tertiary/aromatic N) is 1. The number of benzene rings is 1. The number of nitrogens with two attached hydrogens (primary N) is 1. The van der Waals surface area contributed by atoms with Crippen LogP contribution in [0.1, 0.15) is 31.0 Å². The zero-order chi connectivity index (χ0) is 14.0. The van der Waals surface area contributed by atoms with E-state index in [0.29, 0.717) is 16.9 Å². The van der Waals surface area contributed by atoms with Crippen LogP contribution >= 0.6 is 15.9 Å². The molecule has 2 rings (SSSR count). The molecule has 0 spiro atoms. The monoisotopic (exact) mass is 324 g/mol. The van der Waals surface area contributed by atoms with Crippen molar-refractivity contribution in [3.63, 3.8) is 0 Å². The number of aromatic nitrogens is 1. The van der Waals surface area contributed by atoms with E-state index in [0.717, 1.165) is 11.1 Å². The lowest BCUT2D eigenvalue weighted by atomic mass is 10.00. The van der Waals surface area contributed by atoms with Crippen LogP contribution in [0.2, 0.25) is 0 Å². The standard InChI is InChI=1S/C15H18BrFN2/c1-10(2)15(18)12-5-6-19(9-12)8-11-3-4-14(17)13(16)7-11/h3-7,9-10,15H,8,18H2,1-2H3. The molecule has 2 aromatic rings. The van der Waals surface area contributed by atoms with Gasteiger partial charge in [0.05, 0.1) is 4.47 Å². The Balaban J connectivity index is 2.13. The topological polar surface area (TPSA) is 30.9 Å². The molecule has 0 radical (unpaired) electrons. The van der Waals surface area contributed by atoms with Crippen molar-refractivity contribution >= 4 is 15.9 Å². The Kier molecular flexibility index (Phi) is 4.42. The van der Waals surface area contributed by atoms with Crippen LogP contribution in [0.4, 0.5) is 4.39 Å². The first kappa shape index (κ1) is 14.3. The summed E-state index contributed by atoms with van der Waals surface area (Å²) in [5.74, 6) is 0.176. The second-order valence-electron chi connectivity index (χ2n) is 5.14. The van der Waals surface area contributed by atoms with Gasteiger partial charge in [0, 0.05) is 25.0 Å². The second-order valence-corrected chi connectivity index (χ2v) is 5.99. The van der Waals surface area contributed by atoms with Gasteiger partial charge in [-0.15, -0.1) is 0 Å². The molecule has 0 aliphatic heterocycles. The van der Waals surface area contributed by atoms with E-state index in [1.807, 2.05) is 12.3 Å². The number of hydrogen-bond acceptors (Lipinski definition) is 1. The second kappa shape index (κ2) is 5.88. The number of rotatable bonds is 4. The summed E-state index contributed by atoms with van der Waals surface area (Å²) in [5.41, 5.74) is 8.30. The summed E-state index contributed by atoms with van der Waals surface area (Å²) in [6.45, 7) is 4.93. The molecule has 0 bridgehead atoms. The van der Waals surface area contributed by atoms with Crippen molar-refractivity contribution in [2.75, 3.05) is 0 Å². The Labute approximate surface area is 121 Å². The van der Waals surface area contributed by atoms with Crippen molar-refractivity contribution in [2.24, 2.45) is 11.7 Å². The lowest BCUT2D eigenvalue weighted by Crippen LogP contribution is -2.15. The first-order valence-electron chi connectivity index (χ1n) is 6.32. The van der Waals surface area contributed by atoms with Gasteiger partial charge in [0.15, 0.2) is 0 Å². The largest absolute Gasteiger partial charge is 0.350 e. The molecule has 0 aliphatic rings. The van der Waals surface area contributed by atoms with Gasteiger partial charge in [-0.1, -0.05) is 19.9 Å². The van der Waals surface area contributed by atoms with E-state index in [1.54, 1.807) is 12.1 Å². The van der Waals surface area contributed by atoms with E-state index in [2.05, 4.69) is 40.5 Å². The molecule has 102 valence electrons. The maximum absolute atomic E-state index is 13.2. The average molecular weight is 325 g/mol. The molecule has 1 heterocycles. The van der Waals surface area contributed by atoms with Gasteiger partial charge in [-0.25, -0.2) is 4.39 Å². The Morgan fingerprint density at radius 3 is 2.68 bits per heavy atom. The highest BCUT2D eigenvalue weighted by Gasteiger charge is 2.11. The Morgan fingerprint density at radius 1 is 1.32 bits per heavy atom. The van der Waals surface area contributed by atoms with Crippen LogP contribution in [0, 0.1) is 11.7 Å². The molecule has 1 aromatic heterocycles. The van der Waals surface area contributed by atoms with Gasteiger partial charge in [-0.05, 0) is 51.2 Å². The molecule has 1 aromatic carbocycles. The van der Waals surface area contributed by atoms with Crippen LogP contribution in [0.5, 0.6) is 0 Å². The Bertz CT molecular complexity index is 563. The minimum absolute atomic E-state index is 0.0567. The van der Waals surface area contributed by atoms with E-state index in [4.69, 9.17) is 5.73 Å². The van der Waals surface area contributed by atoms with E-state index in [-0.39, 0.29) is 11.9 Å². The third-order valence-electron chi connectivity index (χ3n) is 3.23. The normalized spacial score (nSPS) is 12.9. The quantitative estimate of drug-likeness (QED) is 0.902. The molecule has 0 aliphatic carbocycles.